The molecule has 0 aliphatic carbocycles. The maximum absolute atomic E-state index is 11.1. The lowest BCUT2D eigenvalue weighted by Gasteiger charge is -2.06. The molecule has 0 amide bonds. The second kappa shape index (κ2) is 2.14. The number of rotatable bonds is 0. The van der Waals surface area contributed by atoms with Crippen molar-refractivity contribution in [3.8, 4) is 0 Å². The number of aromatic nitrogens is 2. The van der Waals surface area contributed by atoms with Gasteiger partial charge < -0.3 is 15.7 Å². The van der Waals surface area contributed by atoms with E-state index in [2.05, 4.69) is 4.98 Å². The Morgan fingerprint density at radius 3 is 3.00 bits per heavy atom. The van der Waals surface area contributed by atoms with E-state index in [1.54, 1.807) is 12.1 Å². The van der Waals surface area contributed by atoms with E-state index in [0.29, 0.717) is 16.7 Å². The number of hydrogen-bond acceptors (Lipinski definition) is 3. The lowest BCUT2D eigenvalue weighted by Crippen LogP contribution is -1.90. The van der Waals surface area contributed by atoms with Gasteiger partial charge in [0, 0.05) is 5.69 Å². The molecule has 62 valence electrons. The Morgan fingerprint density at radius 1 is 1.50 bits per heavy atom. The van der Waals surface area contributed by atoms with Crippen molar-refractivity contribution in [2.75, 3.05) is 5.73 Å². The average Bonchev–Trinajstić information content (AvgIpc) is 2.35. The summed E-state index contributed by atoms with van der Waals surface area (Å²) in [5, 5.41) is 11.1. The summed E-state index contributed by atoms with van der Waals surface area (Å²) in [5.41, 5.74) is 8.43. The van der Waals surface area contributed by atoms with Gasteiger partial charge in [-0.25, -0.2) is 4.98 Å². The minimum Gasteiger partial charge on any atom is -0.805 e. The molecule has 0 aliphatic rings. The SMILES string of the molecule is Cc1cc2c(cc1N)ncn2[O-]. The van der Waals surface area contributed by atoms with Gasteiger partial charge in [0.2, 0.25) is 0 Å². The van der Waals surface area contributed by atoms with Crippen LogP contribution < -0.4 is 5.73 Å². The Morgan fingerprint density at radius 2 is 2.25 bits per heavy atom. The molecular weight excluding hydrogens is 154 g/mol. The molecule has 2 aromatic rings. The van der Waals surface area contributed by atoms with Gasteiger partial charge in [-0.15, -0.1) is 0 Å². The van der Waals surface area contributed by atoms with Crippen LogP contribution in [0.5, 0.6) is 0 Å². The fraction of sp³-hybridized carbons (Fsp3) is 0.125. The van der Waals surface area contributed by atoms with Crippen LogP contribution in [0.3, 0.4) is 0 Å². The smallest absolute Gasteiger partial charge is 0.0911 e. The largest absolute Gasteiger partial charge is 0.805 e. The number of aryl methyl sites for hydroxylation is 1. The van der Waals surface area contributed by atoms with Crippen LogP contribution >= 0.6 is 0 Å². The van der Waals surface area contributed by atoms with Crippen LogP contribution in [0.25, 0.3) is 11.0 Å². The fourth-order valence-corrected chi connectivity index (χ4v) is 1.15. The van der Waals surface area contributed by atoms with Crippen molar-refractivity contribution in [2.45, 2.75) is 6.92 Å². The highest BCUT2D eigenvalue weighted by molar-refractivity contribution is 5.81. The lowest BCUT2D eigenvalue weighted by molar-refractivity contribution is 1.11. The first-order valence-corrected chi connectivity index (χ1v) is 3.59. The third-order valence-corrected chi connectivity index (χ3v) is 1.90. The van der Waals surface area contributed by atoms with Crippen molar-refractivity contribution in [1.29, 1.82) is 0 Å². The molecular formula is C8H8N3O-. The lowest BCUT2D eigenvalue weighted by atomic mass is 10.2. The summed E-state index contributed by atoms with van der Waals surface area (Å²) in [6, 6.07) is 3.45. The predicted molar refractivity (Wildman–Crippen MR) is 47.6 cm³/mol. The van der Waals surface area contributed by atoms with Gasteiger partial charge in [-0.3, -0.25) is 0 Å². The molecule has 2 N–H and O–H groups in total. The Bertz CT molecular complexity index is 433. The summed E-state index contributed by atoms with van der Waals surface area (Å²) in [6.45, 7) is 1.86. The van der Waals surface area contributed by atoms with Gasteiger partial charge in [0.05, 0.1) is 17.4 Å². The first kappa shape index (κ1) is 6.97. The Labute approximate surface area is 69.2 Å². The Hall–Kier alpha value is -1.71. The topological polar surface area (TPSA) is 66.9 Å². The second-order valence-electron chi connectivity index (χ2n) is 2.77. The Balaban J connectivity index is 2.87. The van der Waals surface area contributed by atoms with E-state index in [-0.39, 0.29) is 0 Å². The molecule has 0 bridgehead atoms. The van der Waals surface area contributed by atoms with E-state index >= 15 is 0 Å². The number of nitrogens with two attached hydrogens (primary N) is 1. The first-order chi connectivity index (χ1) is 5.68. The van der Waals surface area contributed by atoms with E-state index in [9.17, 15) is 5.21 Å². The van der Waals surface area contributed by atoms with Crippen molar-refractivity contribution in [2.24, 2.45) is 0 Å². The number of nitrogen functional groups attached to an aromatic ring is 1. The molecule has 4 nitrogen and oxygen atoms in total. The van der Waals surface area contributed by atoms with Crippen LogP contribution in [0.15, 0.2) is 18.5 Å². The predicted octanol–water partition coefficient (Wildman–Crippen LogP) is 1.27. The molecule has 0 fully saturated rings. The highest BCUT2D eigenvalue weighted by Crippen LogP contribution is 2.19. The average molecular weight is 162 g/mol. The number of fused-ring (bicyclic) bond motifs is 1. The zero-order chi connectivity index (χ0) is 8.72. The maximum atomic E-state index is 11.1. The number of hydrogen-bond donors (Lipinski definition) is 1. The minimum atomic E-state index is 0.571. The molecule has 12 heavy (non-hydrogen) atoms. The van der Waals surface area contributed by atoms with E-state index in [1.807, 2.05) is 6.92 Å². The van der Waals surface area contributed by atoms with Gasteiger partial charge in [0.15, 0.2) is 0 Å². The Kier molecular flexibility index (Phi) is 1.24. The maximum Gasteiger partial charge on any atom is 0.0911 e. The molecule has 0 spiro atoms. The van der Waals surface area contributed by atoms with E-state index in [0.717, 1.165) is 10.3 Å². The van der Waals surface area contributed by atoms with Crippen molar-refractivity contribution in [3.63, 3.8) is 0 Å². The monoisotopic (exact) mass is 162 g/mol. The molecule has 0 radical (unpaired) electrons. The zero-order valence-corrected chi connectivity index (χ0v) is 6.61. The molecule has 0 saturated heterocycles. The van der Waals surface area contributed by atoms with E-state index in [4.69, 9.17) is 5.73 Å². The molecule has 0 saturated carbocycles. The van der Waals surface area contributed by atoms with Gasteiger partial charge in [0.25, 0.3) is 0 Å². The van der Waals surface area contributed by atoms with E-state index < -0.39 is 0 Å². The zero-order valence-electron chi connectivity index (χ0n) is 6.61. The number of imidazole rings is 1. The van der Waals surface area contributed by atoms with Gasteiger partial charge >= 0.3 is 0 Å². The normalized spacial score (nSPS) is 10.8. The van der Waals surface area contributed by atoms with Gasteiger partial charge in [-0.05, 0) is 24.6 Å². The van der Waals surface area contributed by atoms with Crippen LogP contribution in [0.1, 0.15) is 5.56 Å². The summed E-state index contributed by atoms with van der Waals surface area (Å²) >= 11 is 0. The number of anilines is 1. The van der Waals surface area contributed by atoms with E-state index in [1.165, 1.54) is 6.33 Å². The number of nitrogens with zero attached hydrogens (tertiary/aromatic N) is 2. The summed E-state index contributed by atoms with van der Waals surface area (Å²) in [6.07, 6.45) is 1.24. The van der Waals surface area contributed by atoms with Crippen LogP contribution in [-0.4, -0.2) is 9.71 Å². The van der Waals surface area contributed by atoms with Gasteiger partial charge in [-0.2, -0.15) is 0 Å². The highest BCUT2D eigenvalue weighted by Gasteiger charge is 2.00. The molecule has 1 aromatic heterocycles. The van der Waals surface area contributed by atoms with Gasteiger partial charge in [0.1, 0.15) is 0 Å². The van der Waals surface area contributed by atoms with Gasteiger partial charge in [-0.1, -0.05) is 0 Å². The molecule has 0 unspecified atom stereocenters. The molecule has 0 atom stereocenters. The third-order valence-electron chi connectivity index (χ3n) is 1.90. The summed E-state index contributed by atoms with van der Waals surface area (Å²) in [7, 11) is 0. The summed E-state index contributed by atoms with van der Waals surface area (Å²) in [4.78, 5) is 3.89. The minimum absolute atomic E-state index is 0.571. The van der Waals surface area contributed by atoms with Crippen molar-refractivity contribution < 1.29 is 0 Å². The highest BCUT2D eigenvalue weighted by atomic mass is 16.5. The molecule has 1 aromatic carbocycles. The summed E-state index contributed by atoms with van der Waals surface area (Å²) in [5.74, 6) is 0. The second-order valence-corrected chi connectivity index (χ2v) is 2.77. The molecule has 1 heterocycles. The van der Waals surface area contributed by atoms with Crippen LogP contribution in [-0.2, 0) is 0 Å². The van der Waals surface area contributed by atoms with Crippen LogP contribution in [0.2, 0.25) is 0 Å². The quantitative estimate of drug-likeness (QED) is 0.593. The molecule has 0 aliphatic heterocycles. The molecule has 4 heteroatoms. The van der Waals surface area contributed by atoms with Crippen LogP contribution in [0, 0.1) is 12.1 Å². The van der Waals surface area contributed by atoms with Crippen molar-refractivity contribution >= 4 is 16.7 Å². The van der Waals surface area contributed by atoms with Crippen molar-refractivity contribution in [3.05, 3.63) is 29.2 Å². The summed E-state index contributed by atoms with van der Waals surface area (Å²) < 4.78 is 0.738. The standard InChI is InChI=1S/C8H8N3O/c1-5-2-8-7(3-6(5)9)10-4-11(8)12/h2-4H,9H2,1H3/q-1. The number of benzene rings is 1. The molecule has 2 rings (SSSR count). The third kappa shape index (κ3) is 0.812. The first-order valence-electron chi connectivity index (χ1n) is 3.59. The van der Waals surface area contributed by atoms with Crippen molar-refractivity contribution in [1.82, 2.24) is 9.71 Å². The fourth-order valence-electron chi connectivity index (χ4n) is 1.15. The van der Waals surface area contributed by atoms with Crippen LogP contribution in [0.4, 0.5) is 5.69 Å².